The summed E-state index contributed by atoms with van der Waals surface area (Å²) in [5, 5.41) is 6.07. The van der Waals surface area contributed by atoms with Crippen LogP contribution in [0.2, 0.25) is 0 Å². The number of likely N-dealkylation sites (N-methyl/N-ethyl adjacent to an activating group) is 1. The summed E-state index contributed by atoms with van der Waals surface area (Å²) in [6.07, 6.45) is 4.49. The first-order chi connectivity index (χ1) is 13.5. The Morgan fingerprint density at radius 3 is 2.57 bits per heavy atom. The normalized spacial score (nSPS) is 10.4. The van der Waals surface area contributed by atoms with E-state index in [1.54, 1.807) is 12.4 Å². The van der Waals surface area contributed by atoms with E-state index in [9.17, 15) is 4.79 Å². The molecular formula is C21H24N6O. The van der Waals surface area contributed by atoms with Gasteiger partial charge in [-0.2, -0.15) is 4.98 Å². The third kappa shape index (κ3) is 5.51. The summed E-state index contributed by atoms with van der Waals surface area (Å²) in [5.41, 5.74) is 3.68. The van der Waals surface area contributed by atoms with Crippen molar-refractivity contribution < 1.29 is 4.79 Å². The van der Waals surface area contributed by atoms with Crippen LogP contribution >= 0.6 is 0 Å². The van der Waals surface area contributed by atoms with E-state index in [1.165, 1.54) is 12.5 Å². The van der Waals surface area contributed by atoms with Crippen LogP contribution in [-0.4, -0.2) is 34.5 Å². The number of aryl methyl sites for hydroxylation is 1. The summed E-state index contributed by atoms with van der Waals surface area (Å²) < 4.78 is 0. The fourth-order valence-corrected chi connectivity index (χ4v) is 2.76. The lowest BCUT2D eigenvalue weighted by Gasteiger charge is -2.18. The Bertz CT molecular complexity index is 945. The Labute approximate surface area is 164 Å². The molecule has 1 amide bonds. The standard InChI is InChI=1S/C21H24N6O/c1-15-13-20(25-19-6-4-5-18(14-19)24-16(2)28)26-21(23-15)27(3)12-9-17-7-10-22-11-8-17/h4-8,10-11,13-14H,9,12H2,1-3H3,(H,24,28)(H,23,25,26). The average molecular weight is 376 g/mol. The number of aromatic nitrogens is 3. The van der Waals surface area contributed by atoms with Gasteiger partial charge in [0.2, 0.25) is 11.9 Å². The van der Waals surface area contributed by atoms with Crippen LogP contribution in [-0.2, 0) is 11.2 Å². The fraction of sp³-hybridized carbons (Fsp3) is 0.238. The van der Waals surface area contributed by atoms with E-state index in [0.29, 0.717) is 11.8 Å². The third-order valence-corrected chi connectivity index (χ3v) is 4.12. The van der Waals surface area contributed by atoms with Gasteiger partial charge < -0.3 is 15.5 Å². The van der Waals surface area contributed by atoms with E-state index in [0.717, 1.165) is 30.0 Å². The molecule has 3 aromatic rings. The highest BCUT2D eigenvalue weighted by Crippen LogP contribution is 2.21. The van der Waals surface area contributed by atoms with Crippen LogP contribution in [0, 0.1) is 6.92 Å². The Morgan fingerprint density at radius 1 is 1.07 bits per heavy atom. The maximum Gasteiger partial charge on any atom is 0.227 e. The molecule has 0 aliphatic carbocycles. The lowest BCUT2D eigenvalue weighted by Crippen LogP contribution is -2.23. The molecule has 2 aromatic heterocycles. The van der Waals surface area contributed by atoms with Gasteiger partial charge in [0.15, 0.2) is 0 Å². The van der Waals surface area contributed by atoms with Crippen molar-refractivity contribution in [3.8, 4) is 0 Å². The molecule has 2 N–H and O–H groups in total. The van der Waals surface area contributed by atoms with Gasteiger partial charge in [0.05, 0.1) is 0 Å². The minimum Gasteiger partial charge on any atom is -0.343 e. The van der Waals surface area contributed by atoms with E-state index in [2.05, 4.69) is 25.6 Å². The molecule has 7 nitrogen and oxygen atoms in total. The number of anilines is 4. The van der Waals surface area contributed by atoms with Crippen LogP contribution in [0.3, 0.4) is 0 Å². The zero-order valence-electron chi connectivity index (χ0n) is 16.3. The van der Waals surface area contributed by atoms with Crippen LogP contribution < -0.4 is 15.5 Å². The SMILES string of the molecule is CC(=O)Nc1cccc(Nc2cc(C)nc(N(C)CCc3ccncc3)n2)c1. The lowest BCUT2D eigenvalue weighted by molar-refractivity contribution is -0.114. The van der Waals surface area contributed by atoms with Gasteiger partial charge in [-0.25, -0.2) is 4.98 Å². The number of pyridine rings is 1. The molecule has 0 saturated carbocycles. The Hall–Kier alpha value is -3.48. The molecule has 144 valence electrons. The molecule has 0 aliphatic rings. The second-order valence-electron chi connectivity index (χ2n) is 6.61. The van der Waals surface area contributed by atoms with Gasteiger partial charge in [-0.15, -0.1) is 0 Å². The van der Waals surface area contributed by atoms with E-state index < -0.39 is 0 Å². The highest BCUT2D eigenvalue weighted by molar-refractivity contribution is 5.89. The second kappa shape index (κ2) is 8.94. The Balaban J connectivity index is 1.71. The smallest absolute Gasteiger partial charge is 0.227 e. The molecule has 0 bridgehead atoms. The van der Waals surface area contributed by atoms with Crippen molar-refractivity contribution in [2.24, 2.45) is 0 Å². The summed E-state index contributed by atoms with van der Waals surface area (Å²) in [6, 6.07) is 13.4. The van der Waals surface area contributed by atoms with E-state index in [1.807, 2.05) is 61.3 Å². The van der Waals surface area contributed by atoms with Gasteiger partial charge >= 0.3 is 0 Å². The maximum atomic E-state index is 11.2. The van der Waals surface area contributed by atoms with Crippen LogP contribution in [0.25, 0.3) is 0 Å². The van der Waals surface area contributed by atoms with Gasteiger partial charge in [-0.3, -0.25) is 9.78 Å². The molecule has 0 atom stereocenters. The number of amides is 1. The number of carbonyl (C=O) groups is 1. The van der Waals surface area contributed by atoms with E-state index in [4.69, 9.17) is 0 Å². The van der Waals surface area contributed by atoms with Crippen molar-refractivity contribution in [3.05, 3.63) is 66.1 Å². The van der Waals surface area contributed by atoms with Crippen molar-refractivity contribution in [2.45, 2.75) is 20.3 Å². The lowest BCUT2D eigenvalue weighted by atomic mass is 10.2. The Kier molecular flexibility index (Phi) is 6.16. The highest BCUT2D eigenvalue weighted by Gasteiger charge is 2.08. The van der Waals surface area contributed by atoms with Crippen molar-refractivity contribution in [1.82, 2.24) is 15.0 Å². The fourth-order valence-electron chi connectivity index (χ4n) is 2.76. The molecular weight excluding hydrogens is 352 g/mol. The zero-order valence-corrected chi connectivity index (χ0v) is 16.3. The van der Waals surface area contributed by atoms with Gasteiger partial charge in [0.25, 0.3) is 0 Å². The van der Waals surface area contributed by atoms with Gasteiger partial charge in [0.1, 0.15) is 5.82 Å². The second-order valence-corrected chi connectivity index (χ2v) is 6.61. The predicted molar refractivity (Wildman–Crippen MR) is 112 cm³/mol. The van der Waals surface area contributed by atoms with Crippen LogP contribution in [0.4, 0.5) is 23.1 Å². The first-order valence-corrected chi connectivity index (χ1v) is 9.10. The highest BCUT2D eigenvalue weighted by atomic mass is 16.1. The van der Waals surface area contributed by atoms with E-state index >= 15 is 0 Å². The van der Waals surface area contributed by atoms with Crippen LogP contribution in [0.5, 0.6) is 0 Å². The van der Waals surface area contributed by atoms with Crippen molar-refractivity contribution in [2.75, 3.05) is 29.1 Å². The minimum absolute atomic E-state index is 0.104. The molecule has 0 fully saturated rings. The minimum atomic E-state index is -0.104. The largest absolute Gasteiger partial charge is 0.343 e. The zero-order chi connectivity index (χ0) is 19.9. The summed E-state index contributed by atoms with van der Waals surface area (Å²) >= 11 is 0. The molecule has 0 spiro atoms. The molecule has 1 aromatic carbocycles. The summed E-state index contributed by atoms with van der Waals surface area (Å²) in [6.45, 7) is 4.23. The summed E-state index contributed by atoms with van der Waals surface area (Å²) in [4.78, 5) is 26.5. The quantitative estimate of drug-likeness (QED) is 0.656. The van der Waals surface area contributed by atoms with Gasteiger partial charge in [0, 0.05) is 56.0 Å². The first kappa shape index (κ1) is 19.3. The molecule has 3 rings (SSSR count). The monoisotopic (exact) mass is 376 g/mol. The van der Waals surface area contributed by atoms with E-state index in [-0.39, 0.29) is 5.91 Å². The van der Waals surface area contributed by atoms with Gasteiger partial charge in [-0.1, -0.05) is 6.07 Å². The number of hydrogen-bond acceptors (Lipinski definition) is 6. The summed E-state index contributed by atoms with van der Waals surface area (Å²) in [5.74, 6) is 1.26. The molecule has 28 heavy (non-hydrogen) atoms. The number of nitrogens with zero attached hydrogens (tertiary/aromatic N) is 4. The van der Waals surface area contributed by atoms with Crippen molar-refractivity contribution >= 4 is 29.0 Å². The van der Waals surface area contributed by atoms with Crippen molar-refractivity contribution in [3.63, 3.8) is 0 Å². The first-order valence-electron chi connectivity index (χ1n) is 9.10. The average Bonchev–Trinajstić information content (AvgIpc) is 2.66. The maximum absolute atomic E-state index is 11.2. The predicted octanol–water partition coefficient (Wildman–Crippen LogP) is 3.56. The van der Waals surface area contributed by atoms with Gasteiger partial charge in [-0.05, 0) is 49.2 Å². The van der Waals surface area contributed by atoms with Crippen LogP contribution in [0.15, 0.2) is 54.9 Å². The number of benzene rings is 1. The number of nitrogens with one attached hydrogen (secondary N) is 2. The molecule has 0 saturated heterocycles. The third-order valence-electron chi connectivity index (χ3n) is 4.12. The summed E-state index contributed by atoms with van der Waals surface area (Å²) in [7, 11) is 1.98. The molecule has 0 radical (unpaired) electrons. The number of rotatable bonds is 7. The molecule has 7 heteroatoms. The topological polar surface area (TPSA) is 83.0 Å². The van der Waals surface area contributed by atoms with Crippen LogP contribution in [0.1, 0.15) is 18.2 Å². The molecule has 0 aliphatic heterocycles. The number of carbonyl (C=O) groups excluding carboxylic acids is 1. The molecule has 2 heterocycles. The Morgan fingerprint density at radius 2 is 1.82 bits per heavy atom. The number of hydrogen-bond donors (Lipinski definition) is 2. The van der Waals surface area contributed by atoms with Crippen molar-refractivity contribution in [1.29, 1.82) is 0 Å². The molecule has 0 unspecified atom stereocenters.